The number of unbranched alkanes of at least 4 members (excludes halogenated alkanes) is 2. The number of hydrogen-bond acceptors (Lipinski definition) is 9. The van der Waals surface area contributed by atoms with Crippen LogP contribution in [0.3, 0.4) is 0 Å². The number of amides is 1. The molecule has 0 aromatic heterocycles. The molecule has 6 atom stereocenters. The van der Waals surface area contributed by atoms with Gasteiger partial charge in [-0.15, -0.1) is 6.58 Å². The third-order valence-corrected chi connectivity index (χ3v) is 13.2. The quantitative estimate of drug-likeness (QED) is 0.0476. The van der Waals surface area contributed by atoms with Gasteiger partial charge in [0, 0.05) is 43.2 Å². The number of nitrogens with zero attached hydrogens (tertiary/aromatic N) is 3. The summed E-state index contributed by atoms with van der Waals surface area (Å²) in [5.41, 5.74) is 6.09. The van der Waals surface area contributed by atoms with Crippen LogP contribution in [0, 0.1) is 34.9 Å². The van der Waals surface area contributed by atoms with Crippen LogP contribution in [0.2, 0.25) is 0 Å². The Morgan fingerprint density at radius 1 is 0.909 bits per heavy atom. The molecule has 8 rings (SSSR count). The molecule has 1 amide bonds. The lowest BCUT2D eigenvalue weighted by Crippen LogP contribution is -2.70. The Morgan fingerprint density at radius 3 is 2.29 bits per heavy atom. The molecule has 0 saturated heterocycles. The van der Waals surface area contributed by atoms with Crippen LogP contribution in [0.1, 0.15) is 77.9 Å². The Labute approximate surface area is 386 Å². The zero-order valence-corrected chi connectivity index (χ0v) is 37.2. The lowest BCUT2D eigenvalue weighted by molar-refractivity contribution is -0.255. The fraction of sp³-hybridized carbons (Fsp3) is 0.327. The molecule has 1 saturated carbocycles. The Bertz CT molecular complexity index is 2560. The summed E-state index contributed by atoms with van der Waals surface area (Å²) >= 11 is 0. The van der Waals surface area contributed by atoms with Crippen molar-refractivity contribution in [2.75, 3.05) is 26.9 Å². The summed E-state index contributed by atoms with van der Waals surface area (Å²) in [5, 5.41) is 34.3. The normalized spacial score (nSPS) is 22.2. The Morgan fingerprint density at radius 2 is 1.61 bits per heavy atom. The average molecular weight is 890 g/mol. The van der Waals surface area contributed by atoms with E-state index in [2.05, 4.69) is 36.9 Å². The van der Waals surface area contributed by atoms with Crippen LogP contribution in [0.4, 0.5) is 4.39 Å². The molecule has 2 aliphatic carbocycles. The van der Waals surface area contributed by atoms with Crippen LogP contribution in [-0.4, -0.2) is 65.5 Å². The third kappa shape index (κ3) is 9.68. The van der Waals surface area contributed by atoms with Crippen molar-refractivity contribution in [2.45, 2.75) is 69.2 Å². The molecular formula is C55H56FN3O7. The van der Waals surface area contributed by atoms with Crippen LogP contribution >= 0.6 is 0 Å². The number of carbonyl (C=O) groups is 1. The number of halogens is 1. The highest BCUT2D eigenvalue weighted by atomic mass is 19.1. The molecule has 2 N–H and O–H groups in total. The Balaban J connectivity index is 1.31. The lowest BCUT2D eigenvalue weighted by Gasteiger charge is -2.60. The molecule has 5 aromatic carbocycles. The predicted octanol–water partition coefficient (Wildman–Crippen LogP) is 10.8. The number of nitriles is 1. The van der Waals surface area contributed by atoms with Gasteiger partial charge in [0.1, 0.15) is 36.2 Å². The third-order valence-electron chi connectivity index (χ3n) is 13.2. The van der Waals surface area contributed by atoms with Gasteiger partial charge in [-0.2, -0.15) is 5.26 Å². The summed E-state index contributed by atoms with van der Waals surface area (Å²) in [6.07, 6.45) is 8.55. The first-order valence-corrected chi connectivity index (χ1v) is 22.8. The molecule has 340 valence electrons. The van der Waals surface area contributed by atoms with E-state index in [9.17, 15) is 19.9 Å². The number of aliphatic hydroxyl groups excluding tert-OH is 2. The van der Waals surface area contributed by atoms with Gasteiger partial charge < -0.3 is 34.2 Å². The molecule has 0 unspecified atom stereocenters. The van der Waals surface area contributed by atoms with Gasteiger partial charge in [-0.05, 0) is 127 Å². The van der Waals surface area contributed by atoms with E-state index in [0.717, 1.165) is 47.9 Å². The molecular weight excluding hydrogens is 834 g/mol. The van der Waals surface area contributed by atoms with Crippen LogP contribution in [0.15, 0.2) is 151 Å². The van der Waals surface area contributed by atoms with E-state index in [1.807, 2.05) is 54.6 Å². The van der Waals surface area contributed by atoms with Gasteiger partial charge in [0.2, 0.25) is 5.79 Å². The fourth-order valence-electron chi connectivity index (χ4n) is 10.3. The second-order valence-electron chi connectivity index (χ2n) is 17.2. The van der Waals surface area contributed by atoms with Crippen LogP contribution in [-0.2, 0) is 16.1 Å². The maximum absolute atomic E-state index is 15.2. The van der Waals surface area contributed by atoms with Gasteiger partial charge in [0.15, 0.2) is 0 Å². The highest BCUT2D eigenvalue weighted by molar-refractivity contribution is 6.03. The molecule has 66 heavy (non-hydrogen) atoms. The molecule has 1 heterocycles. The van der Waals surface area contributed by atoms with E-state index >= 15 is 4.79 Å². The van der Waals surface area contributed by atoms with E-state index in [0.29, 0.717) is 52.5 Å². The summed E-state index contributed by atoms with van der Waals surface area (Å²) < 4.78 is 35.5. The van der Waals surface area contributed by atoms with Crippen molar-refractivity contribution in [3.05, 3.63) is 174 Å². The van der Waals surface area contributed by atoms with Crippen molar-refractivity contribution >= 4 is 11.6 Å². The summed E-state index contributed by atoms with van der Waals surface area (Å²) in [4.78, 5) is 22.6. The SMILES string of the molecule is C=CCO[C@@]12Oc3ccc(Oc4ccc(-c5ccccc5)cc4)cc3[C@H]3[C@H](CCCCO)[C@@H](CCCCO)C=C(C(=NOC)C[C@@H]1N(Cc1ccc(F)cc1)C(=O)c1ccc(C#N)cc1)[C@H]32. The van der Waals surface area contributed by atoms with E-state index < -0.39 is 23.6 Å². The number of ether oxygens (including phenoxy) is 3. The van der Waals surface area contributed by atoms with Crippen molar-refractivity contribution in [3.8, 4) is 34.4 Å². The summed E-state index contributed by atoms with van der Waals surface area (Å²) in [6, 6.07) is 37.9. The van der Waals surface area contributed by atoms with E-state index in [1.165, 1.54) is 19.2 Å². The minimum atomic E-state index is -1.52. The van der Waals surface area contributed by atoms with Crippen LogP contribution in [0.5, 0.6) is 17.2 Å². The molecule has 11 heteroatoms. The van der Waals surface area contributed by atoms with Gasteiger partial charge >= 0.3 is 0 Å². The number of hydrogen-bond donors (Lipinski definition) is 2. The van der Waals surface area contributed by atoms with E-state index in [4.69, 9.17) is 24.2 Å². The van der Waals surface area contributed by atoms with Crippen molar-refractivity contribution in [3.63, 3.8) is 0 Å². The monoisotopic (exact) mass is 889 g/mol. The zero-order valence-electron chi connectivity index (χ0n) is 37.2. The topological polar surface area (TPSA) is 134 Å². The first-order valence-electron chi connectivity index (χ1n) is 22.8. The Hall–Kier alpha value is -6.58. The molecule has 0 spiro atoms. The molecule has 10 nitrogen and oxygen atoms in total. The highest BCUT2D eigenvalue weighted by Gasteiger charge is 2.65. The van der Waals surface area contributed by atoms with Gasteiger partial charge in [0.25, 0.3) is 5.91 Å². The van der Waals surface area contributed by atoms with Gasteiger partial charge in [0.05, 0.1) is 29.9 Å². The average Bonchev–Trinajstić information content (AvgIpc) is 3.35. The van der Waals surface area contributed by atoms with E-state index in [-0.39, 0.29) is 56.4 Å². The van der Waals surface area contributed by atoms with Crippen molar-refractivity contribution in [1.82, 2.24) is 4.90 Å². The van der Waals surface area contributed by atoms with Gasteiger partial charge in [-0.1, -0.05) is 84.7 Å². The standard InChI is InChI=1S/C55H56FN3O7/c1-3-31-64-55-51(59(36-38-17-23-43(56)24-18-38)54(62)41-19-15-37(35-57)16-20-41)34-49(58-63-2)47-32-42(13-7-9-29-60)46(14-8-10-30-61)52(53(47)55)48-33-45(27-28-50(48)66-55)65-44-25-21-40(22-26-44)39-11-5-4-6-12-39/h3-6,11-12,15-28,32-33,42,46,51-53,60-61H,1,7-10,13-14,29-31,34,36H2,2H3/t42-,46+,51-,52+,53+,55+/m0/s1. The predicted molar refractivity (Wildman–Crippen MR) is 251 cm³/mol. The first kappa shape index (κ1) is 46.0. The largest absolute Gasteiger partial charge is 0.459 e. The number of fused-ring (bicyclic) bond motifs is 2. The minimum Gasteiger partial charge on any atom is -0.459 e. The maximum Gasteiger partial charge on any atom is 0.254 e. The number of rotatable bonds is 19. The number of allylic oxidation sites excluding steroid dienone is 1. The van der Waals surface area contributed by atoms with Crippen LogP contribution < -0.4 is 9.47 Å². The molecule has 1 aliphatic heterocycles. The second-order valence-corrected chi connectivity index (χ2v) is 17.2. The van der Waals surface area contributed by atoms with Crippen molar-refractivity contribution in [1.29, 1.82) is 5.26 Å². The highest BCUT2D eigenvalue weighted by Crippen LogP contribution is 2.62. The van der Waals surface area contributed by atoms with Crippen molar-refractivity contribution < 1.29 is 38.4 Å². The number of carbonyl (C=O) groups excluding carboxylic acids is 1. The molecule has 0 radical (unpaired) electrons. The number of oxime groups is 1. The van der Waals surface area contributed by atoms with E-state index in [1.54, 1.807) is 47.4 Å². The minimum absolute atomic E-state index is 0.000996. The van der Waals surface area contributed by atoms with Gasteiger partial charge in [-0.3, -0.25) is 4.79 Å². The number of benzene rings is 5. The van der Waals surface area contributed by atoms with Gasteiger partial charge in [-0.25, -0.2) is 4.39 Å². The number of aliphatic hydroxyl groups is 2. The first-order chi connectivity index (χ1) is 32.3. The van der Waals surface area contributed by atoms with Crippen LogP contribution in [0.25, 0.3) is 11.1 Å². The summed E-state index contributed by atoms with van der Waals surface area (Å²) in [6.45, 7) is 4.34. The molecule has 5 aromatic rings. The molecule has 1 fully saturated rings. The Kier molecular flexibility index (Phi) is 14.7. The lowest BCUT2D eigenvalue weighted by atomic mass is 9.55. The molecule has 3 aliphatic rings. The summed E-state index contributed by atoms with van der Waals surface area (Å²) in [5.74, 6) is -1.16. The molecule has 0 bridgehead atoms. The zero-order chi connectivity index (χ0) is 46.0. The summed E-state index contributed by atoms with van der Waals surface area (Å²) in [7, 11) is 1.51. The van der Waals surface area contributed by atoms with Crippen molar-refractivity contribution in [2.24, 2.45) is 22.9 Å². The fourth-order valence-corrected chi connectivity index (χ4v) is 10.3. The second kappa shape index (κ2) is 21.2. The smallest absolute Gasteiger partial charge is 0.254 e. The maximum atomic E-state index is 15.2.